The zero-order chi connectivity index (χ0) is 15.6. The van der Waals surface area contributed by atoms with Gasteiger partial charge >= 0.3 is 0 Å². The summed E-state index contributed by atoms with van der Waals surface area (Å²) < 4.78 is 7.55. The standard InChI is InChI=1S/C19H14N2OS/c20-19-17(14-8-3-1-4-9-14)18(16-12-7-13-23-16)21(22-19)15-10-5-2-6-11-15/h1-13,20H. The molecule has 2 aromatic carbocycles. The van der Waals surface area contributed by atoms with E-state index in [2.05, 4.69) is 6.07 Å². The van der Waals surface area contributed by atoms with Crippen LogP contribution in [0.4, 0.5) is 0 Å². The van der Waals surface area contributed by atoms with Crippen molar-refractivity contribution in [2.75, 3.05) is 0 Å². The van der Waals surface area contributed by atoms with E-state index in [4.69, 9.17) is 9.93 Å². The van der Waals surface area contributed by atoms with Crippen LogP contribution in [-0.4, -0.2) is 4.74 Å². The highest BCUT2D eigenvalue weighted by atomic mass is 32.1. The number of hydrogen-bond donors (Lipinski definition) is 1. The molecule has 23 heavy (non-hydrogen) atoms. The number of rotatable bonds is 3. The van der Waals surface area contributed by atoms with Crippen molar-refractivity contribution in [3.63, 3.8) is 0 Å². The largest absolute Gasteiger partial charge is 0.354 e. The maximum Gasteiger partial charge on any atom is 0.249 e. The van der Waals surface area contributed by atoms with Crippen LogP contribution in [0, 0.1) is 5.41 Å². The molecule has 0 saturated heterocycles. The summed E-state index contributed by atoms with van der Waals surface area (Å²) in [6.07, 6.45) is 0. The molecule has 112 valence electrons. The van der Waals surface area contributed by atoms with Crippen LogP contribution in [0.3, 0.4) is 0 Å². The van der Waals surface area contributed by atoms with E-state index < -0.39 is 0 Å². The molecule has 0 fully saturated rings. The minimum atomic E-state index is 0.170. The molecule has 0 spiro atoms. The first-order chi connectivity index (χ1) is 11.3. The molecule has 0 radical (unpaired) electrons. The smallest absolute Gasteiger partial charge is 0.249 e. The number of hydrogen-bond acceptors (Lipinski definition) is 3. The van der Waals surface area contributed by atoms with Gasteiger partial charge in [0.05, 0.1) is 16.1 Å². The number of thiophene rings is 1. The van der Waals surface area contributed by atoms with Gasteiger partial charge in [0.2, 0.25) is 5.55 Å². The van der Waals surface area contributed by atoms with Crippen LogP contribution >= 0.6 is 11.3 Å². The fourth-order valence-corrected chi connectivity index (χ4v) is 3.40. The van der Waals surface area contributed by atoms with Crippen LogP contribution in [-0.2, 0) is 0 Å². The molecule has 0 amide bonds. The summed E-state index contributed by atoms with van der Waals surface area (Å²) in [5.74, 6) is 0. The van der Waals surface area contributed by atoms with Crippen molar-refractivity contribution < 1.29 is 4.52 Å². The van der Waals surface area contributed by atoms with Crippen LogP contribution in [0.1, 0.15) is 0 Å². The molecule has 4 rings (SSSR count). The first-order valence-corrected chi connectivity index (χ1v) is 8.18. The van der Waals surface area contributed by atoms with Crippen molar-refractivity contribution in [3.05, 3.63) is 83.7 Å². The lowest BCUT2D eigenvalue weighted by atomic mass is 10.1. The molecule has 0 aliphatic carbocycles. The summed E-state index contributed by atoms with van der Waals surface area (Å²) in [5.41, 5.74) is 3.80. The van der Waals surface area contributed by atoms with Crippen molar-refractivity contribution >= 4 is 11.3 Å². The Morgan fingerprint density at radius 2 is 1.52 bits per heavy atom. The average molecular weight is 318 g/mol. The monoisotopic (exact) mass is 318 g/mol. The van der Waals surface area contributed by atoms with E-state index in [1.54, 1.807) is 16.1 Å². The SMILES string of the molecule is N=c1on(-c2ccccc2)c(-c2cccs2)c1-c1ccccc1. The molecular weight excluding hydrogens is 304 g/mol. The molecule has 0 bridgehead atoms. The zero-order valence-corrected chi connectivity index (χ0v) is 13.1. The normalized spacial score (nSPS) is 10.8. The van der Waals surface area contributed by atoms with E-state index in [-0.39, 0.29) is 5.55 Å². The van der Waals surface area contributed by atoms with Crippen molar-refractivity contribution in [1.82, 2.24) is 4.74 Å². The molecule has 3 nitrogen and oxygen atoms in total. The van der Waals surface area contributed by atoms with E-state index in [0.29, 0.717) is 0 Å². The van der Waals surface area contributed by atoms with Crippen molar-refractivity contribution in [1.29, 1.82) is 5.41 Å². The van der Waals surface area contributed by atoms with E-state index in [1.165, 1.54) is 0 Å². The predicted octanol–water partition coefficient (Wildman–Crippen LogP) is 4.95. The second-order valence-corrected chi connectivity index (χ2v) is 6.06. The molecule has 2 aromatic heterocycles. The summed E-state index contributed by atoms with van der Waals surface area (Å²) in [5, 5.41) is 10.4. The van der Waals surface area contributed by atoms with Gasteiger partial charge in [0.15, 0.2) is 0 Å². The minimum absolute atomic E-state index is 0.170. The van der Waals surface area contributed by atoms with Gasteiger partial charge in [0.25, 0.3) is 0 Å². The average Bonchev–Trinajstić information content (AvgIpc) is 3.24. The van der Waals surface area contributed by atoms with Gasteiger partial charge in [-0.25, -0.2) is 0 Å². The molecule has 4 aromatic rings. The first kappa shape index (κ1) is 13.8. The van der Waals surface area contributed by atoms with Crippen molar-refractivity contribution in [2.24, 2.45) is 0 Å². The summed E-state index contributed by atoms with van der Waals surface area (Å²) in [4.78, 5) is 1.08. The third-order valence-electron chi connectivity index (χ3n) is 3.66. The van der Waals surface area contributed by atoms with Crippen LogP contribution in [0.5, 0.6) is 0 Å². The van der Waals surface area contributed by atoms with E-state index in [0.717, 1.165) is 27.4 Å². The second kappa shape index (κ2) is 5.74. The van der Waals surface area contributed by atoms with Gasteiger partial charge in [-0.15, -0.1) is 11.3 Å². The molecule has 0 atom stereocenters. The van der Waals surface area contributed by atoms with Crippen LogP contribution < -0.4 is 5.55 Å². The molecule has 0 unspecified atom stereocenters. The molecule has 4 heteroatoms. The summed E-state index contributed by atoms with van der Waals surface area (Å²) in [7, 11) is 0. The Hall–Kier alpha value is -2.85. The fraction of sp³-hybridized carbons (Fsp3) is 0. The topological polar surface area (TPSA) is 41.9 Å². The third kappa shape index (κ3) is 2.43. The lowest BCUT2D eigenvalue weighted by Crippen LogP contribution is -1.97. The van der Waals surface area contributed by atoms with Crippen LogP contribution in [0.2, 0.25) is 0 Å². The van der Waals surface area contributed by atoms with Gasteiger partial charge in [-0.3, -0.25) is 5.41 Å². The lowest BCUT2D eigenvalue weighted by Gasteiger charge is -2.07. The Balaban J connectivity index is 2.05. The predicted molar refractivity (Wildman–Crippen MR) is 92.6 cm³/mol. The Morgan fingerprint density at radius 1 is 0.826 bits per heavy atom. The maximum atomic E-state index is 8.34. The molecule has 0 aliphatic rings. The van der Waals surface area contributed by atoms with Crippen molar-refractivity contribution in [3.8, 4) is 27.4 Å². The van der Waals surface area contributed by atoms with Gasteiger partial charge in [-0.05, 0) is 29.1 Å². The second-order valence-electron chi connectivity index (χ2n) is 5.12. The lowest BCUT2D eigenvalue weighted by molar-refractivity contribution is 0.315. The molecule has 2 heterocycles. The number of benzene rings is 2. The molecule has 0 aliphatic heterocycles. The molecule has 1 N–H and O–H groups in total. The first-order valence-electron chi connectivity index (χ1n) is 7.30. The van der Waals surface area contributed by atoms with Gasteiger partial charge in [0, 0.05) is 0 Å². The summed E-state index contributed by atoms with van der Waals surface area (Å²) in [6, 6.07) is 23.9. The van der Waals surface area contributed by atoms with E-state index >= 15 is 0 Å². The van der Waals surface area contributed by atoms with Gasteiger partial charge in [-0.2, -0.15) is 4.74 Å². The minimum Gasteiger partial charge on any atom is -0.354 e. The maximum absolute atomic E-state index is 8.34. The Bertz CT molecular complexity index is 967. The summed E-state index contributed by atoms with van der Waals surface area (Å²) in [6.45, 7) is 0. The van der Waals surface area contributed by atoms with Gasteiger partial charge in [0.1, 0.15) is 5.69 Å². The molecular formula is C19H14N2OS. The fourth-order valence-electron chi connectivity index (χ4n) is 2.65. The van der Waals surface area contributed by atoms with Crippen molar-refractivity contribution in [2.45, 2.75) is 0 Å². The van der Waals surface area contributed by atoms with E-state index in [1.807, 2.05) is 72.1 Å². The highest BCUT2D eigenvalue weighted by Gasteiger charge is 2.20. The Morgan fingerprint density at radius 3 is 2.17 bits per heavy atom. The van der Waals surface area contributed by atoms with Gasteiger partial charge in [-0.1, -0.05) is 54.6 Å². The summed E-state index contributed by atoms with van der Waals surface area (Å²) >= 11 is 1.64. The third-order valence-corrected chi connectivity index (χ3v) is 4.53. The zero-order valence-electron chi connectivity index (χ0n) is 12.3. The number of aromatic nitrogens is 1. The Kier molecular flexibility index (Phi) is 3.44. The Labute approximate surface area is 137 Å². The van der Waals surface area contributed by atoms with Gasteiger partial charge < -0.3 is 4.52 Å². The number of nitrogens with zero attached hydrogens (tertiary/aromatic N) is 1. The number of nitrogens with one attached hydrogen (secondary N) is 1. The van der Waals surface area contributed by atoms with Crippen LogP contribution in [0.25, 0.3) is 27.4 Å². The van der Waals surface area contributed by atoms with Crippen LogP contribution in [0.15, 0.2) is 82.7 Å². The van der Waals surface area contributed by atoms with E-state index in [9.17, 15) is 0 Å². The quantitative estimate of drug-likeness (QED) is 0.571. The number of para-hydroxylation sites is 1. The molecule has 0 saturated carbocycles. The highest BCUT2D eigenvalue weighted by molar-refractivity contribution is 7.13. The highest BCUT2D eigenvalue weighted by Crippen LogP contribution is 2.34.